The molecule has 0 N–H and O–H groups in total. The molecule has 2 aromatic rings. The van der Waals surface area contributed by atoms with E-state index in [9.17, 15) is 0 Å². The molecule has 106 valence electrons. The summed E-state index contributed by atoms with van der Waals surface area (Å²) in [4.78, 5) is 5.59. The molecule has 2 rings (SSSR count). The van der Waals surface area contributed by atoms with E-state index in [1.807, 2.05) is 47.0 Å². The Morgan fingerprint density at radius 3 is 1.75 bits per heavy atom. The Morgan fingerprint density at radius 2 is 1.25 bits per heavy atom. The summed E-state index contributed by atoms with van der Waals surface area (Å²) in [6, 6.07) is 13.0. The summed E-state index contributed by atoms with van der Waals surface area (Å²) in [5.41, 5.74) is 2.65. The van der Waals surface area contributed by atoms with Gasteiger partial charge in [-0.2, -0.15) is 0 Å². The molecule has 4 heteroatoms. The fourth-order valence-electron chi connectivity index (χ4n) is 2.16. The summed E-state index contributed by atoms with van der Waals surface area (Å²) in [5, 5.41) is 0. The van der Waals surface area contributed by atoms with E-state index >= 15 is 0 Å². The van der Waals surface area contributed by atoms with Crippen molar-refractivity contribution in [3.05, 3.63) is 36.4 Å². The number of rotatable bonds is 5. The van der Waals surface area contributed by atoms with Crippen LogP contribution in [0.25, 0.3) is 11.1 Å². The molecule has 0 radical (unpaired) electrons. The first kappa shape index (κ1) is 16.2. The Kier molecular flexibility index (Phi) is 6.27. The predicted molar refractivity (Wildman–Crippen MR) is 99.0 cm³/mol. The summed E-state index contributed by atoms with van der Waals surface area (Å²) in [5.74, 6) is 0. The largest absolute Gasteiger partial charge is 0.128 e. The molecule has 0 aromatic heterocycles. The maximum absolute atomic E-state index is 2.34. The second-order valence-electron chi connectivity index (χ2n) is 4.09. The Balaban J connectivity index is 2.74. The molecule has 0 nitrogen and oxygen atoms in total. The van der Waals surface area contributed by atoms with Gasteiger partial charge in [-0.1, -0.05) is 30.3 Å². The van der Waals surface area contributed by atoms with Gasteiger partial charge >= 0.3 is 0 Å². The molecule has 0 spiro atoms. The molecule has 0 aliphatic carbocycles. The third-order valence-electron chi connectivity index (χ3n) is 3.07. The highest BCUT2D eigenvalue weighted by Crippen LogP contribution is 2.46. The zero-order valence-electron chi connectivity index (χ0n) is 12.1. The van der Waals surface area contributed by atoms with Crippen LogP contribution >= 0.6 is 47.0 Å². The van der Waals surface area contributed by atoms with E-state index in [1.54, 1.807) is 0 Å². The van der Waals surface area contributed by atoms with Crippen molar-refractivity contribution in [3.63, 3.8) is 0 Å². The molecule has 0 atom stereocenters. The summed E-state index contributed by atoms with van der Waals surface area (Å²) < 4.78 is 0. The topological polar surface area (TPSA) is 0 Å². The van der Waals surface area contributed by atoms with Crippen LogP contribution in [0.2, 0.25) is 0 Å². The van der Waals surface area contributed by atoms with E-state index in [0.29, 0.717) is 0 Å². The summed E-state index contributed by atoms with van der Waals surface area (Å²) in [6.07, 6.45) is 8.67. The van der Waals surface area contributed by atoms with Gasteiger partial charge in [-0.05, 0) is 42.2 Å². The lowest BCUT2D eigenvalue weighted by Gasteiger charge is -2.18. The fraction of sp³-hybridized carbons (Fsp3) is 0.250. The van der Waals surface area contributed by atoms with Gasteiger partial charge in [-0.3, -0.25) is 0 Å². The van der Waals surface area contributed by atoms with Crippen molar-refractivity contribution in [1.82, 2.24) is 0 Å². The molecular formula is C16H18S4. The minimum Gasteiger partial charge on any atom is -0.128 e. The first-order valence-electron chi connectivity index (χ1n) is 6.19. The molecule has 0 heterocycles. The molecule has 0 saturated heterocycles. The van der Waals surface area contributed by atoms with Crippen molar-refractivity contribution >= 4 is 47.0 Å². The number of thioether (sulfide) groups is 4. The van der Waals surface area contributed by atoms with Crippen LogP contribution in [-0.2, 0) is 0 Å². The van der Waals surface area contributed by atoms with Crippen LogP contribution in [0.15, 0.2) is 56.0 Å². The molecule has 0 aliphatic rings. The minimum atomic E-state index is 1.30. The Bertz CT molecular complexity index is 579. The van der Waals surface area contributed by atoms with Crippen molar-refractivity contribution in [2.45, 2.75) is 19.6 Å². The van der Waals surface area contributed by atoms with E-state index in [0.717, 1.165) is 0 Å². The molecule has 0 unspecified atom stereocenters. The van der Waals surface area contributed by atoms with Crippen molar-refractivity contribution in [2.75, 3.05) is 25.0 Å². The van der Waals surface area contributed by atoms with Crippen molar-refractivity contribution in [3.8, 4) is 11.1 Å². The van der Waals surface area contributed by atoms with E-state index in [2.05, 4.69) is 61.4 Å². The highest BCUT2D eigenvalue weighted by Gasteiger charge is 2.17. The van der Waals surface area contributed by atoms with Gasteiger partial charge in [0.15, 0.2) is 0 Å². The lowest BCUT2D eigenvalue weighted by molar-refractivity contribution is 1.04. The molecular weight excluding hydrogens is 320 g/mol. The third kappa shape index (κ3) is 3.19. The van der Waals surface area contributed by atoms with Crippen molar-refractivity contribution in [2.24, 2.45) is 0 Å². The lowest BCUT2D eigenvalue weighted by atomic mass is 10.1. The number of hydrogen-bond donors (Lipinski definition) is 0. The summed E-state index contributed by atoms with van der Waals surface area (Å²) in [7, 11) is 0. The minimum absolute atomic E-state index is 1.30. The maximum Gasteiger partial charge on any atom is 0.0359 e. The quantitative estimate of drug-likeness (QED) is 0.591. The van der Waals surface area contributed by atoms with Gasteiger partial charge in [-0.15, -0.1) is 47.0 Å². The molecule has 20 heavy (non-hydrogen) atoms. The Morgan fingerprint density at radius 1 is 0.650 bits per heavy atom. The van der Waals surface area contributed by atoms with E-state index in [-0.39, 0.29) is 0 Å². The van der Waals surface area contributed by atoms with Crippen LogP contribution in [0, 0.1) is 0 Å². The van der Waals surface area contributed by atoms with E-state index in [1.165, 1.54) is 30.7 Å². The van der Waals surface area contributed by atoms with E-state index < -0.39 is 0 Å². The van der Waals surface area contributed by atoms with Crippen molar-refractivity contribution < 1.29 is 0 Å². The molecule has 0 fully saturated rings. The van der Waals surface area contributed by atoms with Crippen LogP contribution in [0.5, 0.6) is 0 Å². The average Bonchev–Trinajstić information content (AvgIpc) is 2.53. The van der Waals surface area contributed by atoms with Crippen LogP contribution in [-0.4, -0.2) is 25.0 Å². The summed E-state index contributed by atoms with van der Waals surface area (Å²) in [6.45, 7) is 0. The molecule has 0 aliphatic heterocycles. The molecule has 0 amide bonds. The van der Waals surface area contributed by atoms with Gasteiger partial charge in [-0.25, -0.2) is 0 Å². The second kappa shape index (κ2) is 7.74. The zero-order valence-corrected chi connectivity index (χ0v) is 15.4. The number of benzene rings is 2. The van der Waals surface area contributed by atoms with Gasteiger partial charge in [0, 0.05) is 19.6 Å². The van der Waals surface area contributed by atoms with Gasteiger partial charge in [0.2, 0.25) is 0 Å². The fourth-order valence-corrected chi connectivity index (χ4v) is 6.14. The van der Waals surface area contributed by atoms with Crippen LogP contribution in [0.3, 0.4) is 0 Å². The third-order valence-corrected chi connectivity index (χ3v) is 6.70. The Labute approximate surface area is 138 Å². The standard InChI is InChI=1S/C16H18S4/c1-17-13-10-12(11-8-6-5-7-9-11)14(18-2)16(20-4)15(13)19-3/h5-10H,1-4H3. The first-order chi connectivity index (χ1) is 9.76. The monoisotopic (exact) mass is 338 g/mol. The first-order valence-corrected chi connectivity index (χ1v) is 11.1. The van der Waals surface area contributed by atoms with Crippen LogP contribution in [0.4, 0.5) is 0 Å². The van der Waals surface area contributed by atoms with Crippen LogP contribution in [0.1, 0.15) is 0 Å². The predicted octanol–water partition coefficient (Wildman–Crippen LogP) is 6.24. The van der Waals surface area contributed by atoms with Gasteiger partial charge in [0.25, 0.3) is 0 Å². The van der Waals surface area contributed by atoms with Gasteiger partial charge < -0.3 is 0 Å². The number of hydrogen-bond acceptors (Lipinski definition) is 4. The maximum atomic E-state index is 2.34. The molecule has 0 bridgehead atoms. The molecule has 2 aromatic carbocycles. The lowest BCUT2D eigenvalue weighted by Crippen LogP contribution is -1.91. The van der Waals surface area contributed by atoms with E-state index in [4.69, 9.17) is 0 Å². The molecule has 0 saturated carbocycles. The average molecular weight is 339 g/mol. The highest BCUT2D eigenvalue weighted by molar-refractivity contribution is 8.04. The Hall–Kier alpha value is -0.160. The normalized spacial score (nSPS) is 10.8. The smallest absolute Gasteiger partial charge is 0.0359 e. The second-order valence-corrected chi connectivity index (χ2v) is 7.39. The van der Waals surface area contributed by atoms with Gasteiger partial charge in [0.1, 0.15) is 0 Å². The summed E-state index contributed by atoms with van der Waals surface area (Å²) >= 11 is 7.39. The SMILES string of the molecule is CSc1cc(-c2ccccc2)c(SC)c(SC)c1SC. The van der Waals surface area contributed by atoms with Crippen LogP contribution < -0.4 is 0 Å². The zero-order chi connectivity index (χ0) is 14.5. The van der Waals surface area contributed by atoms with Gasteiger partial charge in [0.05, 0.1) is 0 Å². The van der Waals surface area contributed by atoms with Crippen molar-refractivity contribution in [1.29, 1.82) is 0 Å². The highest BCUT2D eigenvalue weighted by atomic mass is 32.2.